The van der Waals surface area contributed by atoms with Crippen LogP contribution in [0.3, 0.4) is 0 Å². The molecule has 4 heteroatoms. The molecule has 0 aliphatic carbocycles. The summed E-state index contributed by atoms with van der Waals surface area (Å²) in [7, 11) is 0. The number of benzene rings is 2. The van der Waals surface area contributed by atoms with Gasteiger partial charge in [0.25, 0.3) is 11.8 Å². The SMILES string of the molecule is c1ccc(-c2cnc(-c3ncc(-c4ccccc4)o3)o2)cc1. The second-order valence-corrected chi connectivity index (χ2v) is 4.79. The van der Waals surface area contributed by atoms with E-state index in [0.717, 1.165) is 11.1 Å². The molecule has 0 atom stereocenters. The van der Waals surface area contributed by atoms with E-state index in [2.05, 4.69) is 9.97 Å². The van der Waals surface area contributed by atoms with Crippen LogP contribution in [0.15, 0.2) is 81.9 Å². The highest BCUT2D eigenvalue weighted by Crippen LogP contribution is 2.28. The van der Waals surface area contributed by atoms with Gasteiger partial charge in [-0.15, -0.1) is 0 Å². The lowest BCUT2D eigenvalue weighted by Crippen LogP contribution is -1.74. The Morgan fingerprint density at radius 1 is 0.545 bits per heavy atom. The van der Waals surface area contributed by atoms with Crippen LogP contribution in [0.1, 0.15) is 0 Å². The highest BCUT2D eigenvalue weighted by Gasteiger charge is 2.14. The molecule has 0 unspecified atom stereocenters. The number of hydrogen-bond acceptors (Lipinski definition) is 4. The van der Waals surface area contributed by atoms with Gasteiger partial charge < -0.3 is 8.83 Å². The average molecular weight is 288 g/mol. The summed E-state index contributed by atoms with van der Waals surface area (Å²) >= 11 is 0. The molecule has 4 aromatic rings. The lowest BCUT2D eigenvalue weighted by Gasteiger charge is -1.94. The summed E-state index contributed by atoms with van der Waals surface area (Å²) in [6.45, 7) is 0. The Morgan fingerprint density at radius 3 is 1.36 bits per heavy atom. The van der Waals surface area contributed by atoms with Crippen molar-refractivity contribution in [2.24, 2.45) is 0 Å². The van der Waals surface area contributed by atoms with Gasteiger partial charge in [0.1, 0.15) is 0 Å². The van der Waals surface area contributed by atoms with Gasteiger partial charge in [-0.2, -0.15) is 0 Å². The largest absolute Gasteiger partial charge is 0.432 e. The van der Waals surface area contributed by atoms with Crippen LogP contribution in [0.2, 0.25) is 0 Å². The third-order valence-corrected chi connectivity index (χ3v) is 3.31. The molecule has 0 spiro atoms. The molecule has 2 aromatic carbocycles. The van der Waals surface area contributed by atoms with E-state index in [1.165, 1.54) is 0 Å². The maximum atomic E-state index is 5.74. The Kier molecular flexibility index (Phi) is 3.05. The minimum Gasteiger partial charge on any atom is -0.432 e. The van der Waals surface area contributed by atoms with Crippen molar-refractivity contribution >= 4 is 0 Å². The van der Waals surface area contributed by atoms with Gasteiger partial charge in [0.2, 0.25) is 0 Å². The van der Waals surface area contributed by atoms with Gasteiger partial charge in [-0.25, -0.2) is 9.97 Å². The van der Waals surface area contributed by atoms with Crippen LogP contribution in [-0.2, 0) is 0 Å². The number of hydrogen-bond donors (Lipinski definition) is 0. The molecule has 0 saturated carbocycles. The van der Waals surface area contributed by atoms with E-state index in [1.807, 2.05) is 60.7 Å². The molecular weight excluding hydrogens is 276 g/mol. The Balaban J connectivity index is 1.66. The maximum Gasteiger partial charge on any atom is 0.284 e. The molecule has 0 aliphatic rings. The first-order valence-electron chi connectivity index (χ1n) is 6.93. The molecule has 22 heavy (non-hydrogen) atoms. The van der Waals surface area contributed by atoms with E-state index in [-0.39, 0.29) is 0 Å². The molecule has 0 N–H and O–H groups in total. The quantitative estimate of drug-likeness (QED) is 0.550. The normalized spacial score (nSPS) is 10.7. The van der Waals surface area contributed by atoms with E-state index >= 15 is 0 Å². The maximum absolute atomic E-state index is 5.74. The highest BCUT2D eigenvalue weighted by molar-refractivity contribution is 5.60. The molecule has 106 valence electrons. The van der Waals surface area contributed by atoms with E-state index in [9.17, 15) is 0 Å². The van der Waals surface area contributed by atoms with Gasteiger partial charge in [0.05, 0.1) is 12.4 Å². The van der Waals surface area contributed by atoms with E-state index < -0.39 is 0 Å². The highest BCUT2D eigenvalue weighted by atomic mass is 16.4. The summed E-state index contributed by atoms with van der Waals surface area (Å²) in [5, 5.41) is 0. The first-order chi connectivity index (χ1) is 10.9. The van der Waals surface area contributed by atoms with Crippen molar-refractivity contribution in [1.82, 2.24) is 9.97 Å². The lowest BCUT2D eigenvalue weighted by atomic mass is 10.2. The van der Waals surface area contributed by atoms with Crippen LogP contribution in [0.25, 0.3) is 34.4 Å². The summed E-state index contributed by atoms with van der Waals surface area (Å²) in [6.07, 6.45) is 3.36. The van der Waals surface area contributed by atoms with Crippen LogP contribution in [0.5, 0.6) is 0 Å². The molecule has 0 fully saturated rings. The molecule has 0 radical (unpaired) electrons. The van der Waals surface area contributed by atoms with Crippen molar-refractivity contribution in [2.75, 3.05) is 0 Å². The molecule has 2 heterocycles. The summed E-state index contributed by atoms with van der Waals surface area (Å²) in [5.41, 5.74) is 1.94. The minimum atomic E-state index is 0.376. The van der Waals surface area contributed by atoms with Crippen LogP contribution in [0.4, 0.5) is 0 Å². The fourth-order valence-electron chi connectivity index (χ4n) is 2.22. The second kappa shape index (κ2) is 5.33. The molecule has 4 nitrogen and oxygen atoms in total. The second-order valence-electron chi connectivity index (χ2n) is 4.79. The lowest BCUT2D eigenvalue weighted by molar-refractivity contribution is 0.523. The van der Waals surface area contributed by atoms with Crippen molar-refractivity contribution in [3.05, 3.63) is 73.1 Å². The topological polar surface area (TPSA) is 52.1 Å². The number of aromatic nitrogens is 2. The van der Waals surface area contributed by atoms with Crippen molar-refractivity contribution in [2.45, 2.75) is 0 Å². The summed E-state index contributed by atoms with van der Waals surface area (Å²) in [6, 6.07) is 19.6. The zero-order valence-corrected chi connectivity index (χ0v) is 11.6. The average Bonchev–Trinajstić information content (AvgIpc) is 3.26. The molecule has 4 rings (SSSR count). The van der Waals surface area contributed by atoms with Crippen LogP contribution < -0.4 is 0 Å². The fraction of sp³-hybridized carbons (Fsp3) is 0. The van der Waals surface area contributed by atoms with Crippen molar-refractivity contribution in [1.29, 1.82) is 0 Å². The smallest absolute Gasteiger partial charge is 0.284 e. The monoisotopic (exact) mass is 288 g/mol. The molecule has 0 aliphatic heterocycles. The first-order valence-corrected chi connectivity index (χ1v) is 6.93. The zero-order chi connectivity index (χ0) is 14.8. The first kappa shape index (κ1) is 12.6. The predicted molar refractivity (Wildman–Crippen MR) is 82.9 cm³/mol. The summed E-state index contributed by atoms with van der Waals surface area (Å²) in [5.74, 6) is 2.13. The number of oxazole rings is 2. The number of nitrogens with zero attached hydrogens (tertiary/aromatic N) is 2. The van der Waals surface area contributed by atoms with Gasteiger partial charge in [0, 0.05) is 11.1 Å². The van der Waals surface area contributed by atoms with Gasteiger partial charge in [-0.05, 0) is 0 Å². The molecule has 0 amide bonds. The molecular formula is C18H12N2O2. The van der Waals surface area contributed by atoms with Gasteiger partial charge in [-0.1, -0.05) is 60.7 Å². The molecule has 0 bridgehead atoms. The standard InChI is InChI=1S/C18H12N2O2/c1-3-7-13(8-4-1)15-11-19-17(21-15)18-20-12-16(22-18)14-9-5-2-6-10-14/h1-12H. The fourth-order valence-corrected chi connectivity index (χ4v) is 2.22. The third-order valence-electron chi connectivity index (χ3n) is 3.31. The van der Waals surface area contributed by atoms with Gasteiger partial charge in [0.15, 0.2) is 11.5 Å². The van der Waals surface area contributed by atoms with Crippen LogP contribution in [0, 0.1) is 0 Å². The Morgan fingerprint density at radius 2 is 0.955 bits per heavy atom. The Labute approximate surface area is 127 Å². The summed E-state index contributed by atoms with van der Waals surface area (Å²) < 4.78 is 11.5. The van der Waals surface area contributed by atoms with E-state index in [0.29, 0.717) is 23.3 Å². The third kappa shape index (κ3) is 2.31. The molecule has 2 aromatic heterocycles. The molecule has 0 saturated heterocycles. The van der Waals surface area contributed by atoms with Crippen molar-refractivity contribution in [3.63, 3.8) is 0 Å². The minimum absolute atomic E-state index is 0.376. The van der Waals surface area contributed by atoms with E-state index in [4.69, 9.17) is 8.83 Å². The Bertz CT molecular complexity index is 804. The number of rotatable bonds is 3. The zero-order valence-electron chi connectivity index (χ0n) is 11.6. The van der Waals surface area contributed by atoms with Gasteiger partial charge >= 0.3 is 0 Å². The van der Waals surface area contributed by atoms with Crippen LogP contribution >= 0.6 is 0 Å². The van der Waals surface area contributed by atoms with Gasteiger partial charge in [-0.3, -0.25) is 0 Å². The van der Waals surface area contributed by atoms with Crippen molar-refractivity contribution in [3.8, 4) is 34.4 Å². The Hall–Kier alpha value is -3.14. The van der Waals surface area contributed by atoms with Crippen molar-refractivity contribution < 1.29 is 8.83 Å². The van der Waals surface area contributed by atoms with E-state index in [1.54, 1.807) is 12.4 Å². The summed E-state index contributed by atoms with van der Waals surface area (Å²) in [4.78, 5) is 8.49. The predicted octanol–water partition coefficient (Wildman–Crippen LogP) is 4.66. The van der Waals surface area contributed by atoms with Crippen LogP contribution in [-0.4, -0.2) is 9.97 Å².